The van der Waals surface area contributed by atoms with Gasteiger partial charge in [0.15, 0.2) is 0 Å². The lowest BCUT2D eigenvalue weighted by Crippen LogP contribution is -2.40. The van der Waals surface area contributed by atoms with E-state index in [1.54, 1.807) is 18.2 Å². The second-order valence-corrected chi connectivity index (χ2v) is 10.0. The molecule has 0 spiro atoms. The van der Waals surface area contributed by atoms with Crippen LogP contribution in [0.5, 0.6) is 0 Å². The number of pyridine rings is 1. The SMILES string of the molecule is O=C(O)C(CCCCCCCCc1ccc2c(n1)NCCC2)NS(=O)(=O)c1ccccc1. The molecule has 2 aromatic rings. The largest absolute Gasteiger partial charge is 0.480 e. The average molecular weight is 460 g/mol. The lowest BCUT2D eigenvalue weighted by atomic mass is 10.0. The Kier molecular flexibility index (Phi) is 9.05. The number of nitrogens with one attached hydrogen (secondary N) is 2. The Morgan fingerprint density at radius 1 is 1.03 bits per heavy atom. The maximum Gasteiger partial charge on any atom is 0.321 e. The number of rotatable bonds is 13. The van der Waals surface area contributed by atoms with Crippen molar-refractivity contribution in [1.82, 2.24) is 9.71 Å². The van der Waals surface area contributed by atoms with E-state index in [0.717, 1.165) is 63.0 Å². The van der Waals surface area contributed by atoms with E-state index in [-0.39, 0.29) is 11.3 Å². The average Bonchev–Trinajstić information content (AvgIpc) is 2.80. The number of carbonyl (C=O) groups is 1. The maximum atomic E-state index is 12.4. The van der Waals surface area contributed by atoms with E-state index in [0.29, 0.717) is 6.42 Å². The molecule has 8 heteroatoms. The number of anilines is 1. The van der Waals surface area contributed by atoms with Gasteiger partial charge in [0.1, 0.15) is 11.9 Å². The van der Waals surface area contributed by atoms with Crippen LogP contribution in [-0.2, 0) is 27.7 Å². The number of carboxylic acid groups (broad SMARTS) is 1. The first-order valence-corrected chi connectivity index (χ1v) is 13.0. The van der Waals surface area contributed by atoms with Gasteiger partial charge in [-0.1, -0.05) is 56.4 Å². The molecular weight excluding hydrogens is 426 g/mol. The highest BCUT2D eigenvalue weighted by atomic mass is 32.2. The molecule has 0 saturated carbocycles. The highest BCUT2D eigenvalue weighted by molar-refractivity contribution is 7.89. The normalized spacial score (nSPS) is 14.4. The Morgan fingerprint density at radius 2 is 1.75 bits per heavy atom. The predicted molar refractivity (Wildman–Crippen MR) is 125 cm³/mol. The Balaban J connectivity index is 1.31. The van der Waals surface area contributed by atoms with Gasteiger partial charge in [-0.15, -0.1) is 0 Å². The summed E-state index contributed by atoms with van der Waals surface area (Å²) in [6.07, 6.45) is 9.37. The van der Waals surface area contributed by atoms with E-state index in [4.69, 9.17) is 4.98 Å². The molecular formula is C24H33N3O4S. The summed E-state index contributed by atoms with van der Waals surface area (Å²) in [5.41, 5.74) is 2.44. The number of fused-ring (bicyclic) bond motifs is 1. The fourth-order valence-electron chi connectivity index (χ4n) is 3.96. The minimum Gasteiger partial charge on any atom is -0.480 e. The molecule has 0 radical (unpaired) electrons. The minimum absolute atomic E-state index is 0.0791. The van der Waals surface area contributed by atoms with Gasteiger partial charge in [-0.3, -0.25) is 4.79 Å². The molecule has 1 unspecified atom stereocenters. The first-order chi connectivity index (χ1) is 15.5. The van der Waals surface area contributed by atoms with E-state index in [1.165, 1.54) is 24.1 Å². The second-order valence-electron chi connectivity index (χ2n) is 8.33. The van der Waals surface area contributed by atoms with Crippen molar-refractivity contribution < 1.29 is 18.3 Å². The molecule has 32 heavy (non-hydrogen) atoms. The van der Waals surface area contributed by atoms with E-state index >= 15 is 0 Å². The number of hydrogen-bond acceptors (Lipinski definition) is 5. The minimum atomic E-state index is -3.83. The van der Waals surface area contributed by atoms with Crippen molar-refractivity contribution in [3.63, 3.8) is 0 Å². The Labute approximate surface area is 190 Å². The van der Waals surface area contributed by atoms with Crippen LogP contribution < -0.4 is 10.0 Å². The summed E-state index contributed by atoms with van der Waals surface area (Å²) in [6, 6.07) is 11.1. The van der Waals surface area contributed by atoms with E-state index in [9.17, 15) is 18.3 Å². The van der Waals surface area contributed by atoms with Gasteiger partial charge in [-0.2, -0.15) is 4.72 Å². The van der Waals surface area contributed by atoms with Crippen LogP contribution in [0.1, 0.15) is 62.6 Å². The molecule has 7 nitrogen and oxygen atoms in total. The molecule has 0 fully saturated rings. The Morgan fingerprint density at radius 3 is 2.50 bits per heavy atom. The van der Waals surface area contributed by atoms with Crippen molar-refractivity contribution in [3.8, 4) is 0 Å². The first kappa shape index (κ1) is 24.2. The van der Waals surface area contributed by atoms with Gasteiger partial charge in [-0.25, -0.2) is 13.4 Å². The second kappa shape index (κ2) is 12.0. The number of benzene rings is 1. The first-order valence-electron chi connectivity index (χ1n) is 11.5. The molecule has 0 amide bonds. The molecule has 0 aliphatic carbocycles. The summed E-state index contributed by atoms with van der Waals surface area (Å²) in [5, 5.41) is 12.8. The smallest absolute Gasteiger partial charge is 0.321 e. The number of aromatic nitrogens is 1. The van der Waals surface area contributed by atoms with Gasteiger partial charge in [0.2, 0.25) is 10.0 Å². The highest BCUT2D eigenvalue weighted by Gasteiger charge is 2.24. The van der Waals surface area contributed by atoms with E-state index < -0.39 is 22.0 Å². The van der Waals surface area contributed by atoms with Crippen molar-refractivity contribution in [3.05, 3.63) is 53.7 Å². The van der Waals surface area contributed by atoms with Gasteiger partial charge in [0.25, 0.3) is 0 Å². The van der Waals surface area contributed by atoms with Crippen LogP contribution in [0.25, 0.3) is 0 Å². The lowest BCUT2D eigenvalue weighted by Gasteiger charge is -2.17. The Bertz CT molecular complexity index is 980. The number of unbranched alkanes of at least 4 members (excludes halogenated alkanes) is 5. The van der Waals surface area contributed by atoms with Crippen LogP contribution >= 0.6 is 0 Å². The van der Waals surface area contributed by atoms with Gasteiger partial charge in [-0.05, 0) is 55.9 Å². The Hall–Kier alpha value is -2.45. The zero-order valence-corrected chi connectivity index (χ0v) is 19.2. The third-order valence-corrected chi connectivity index (χ3v) is 7.26. The van der Waals surface area contributed by atoms with Crippen LogP contribution in [0, 0.1) is 0 Å². The molecule has 1 aliphatic heterocycles. The number of aliphatic carboxylic acids is 1. The maximum absolute atomic E-state index is 12.4. The number of aryl methyl sites for hydroxylation is 2. The number of carboxylic acids is 1. The van der Waals surface area contributed by atoms with Crippen LogP contribution in [-0.4, -0.2) is 37.1 Å². The third kappa shape index (κ3) is 7.31. The quantitative estimate of drug-likeness (QED) is 0.389. The van der Waals surface area contributed by atoms with Crippen molar-refractivity contribution >= 4 is 21.8 Å². The summed E-state index contributed by atoms with van der Waals surface area (Å²) < 4.78 is 27.1. The van der Waals surface area contributed by atoms with Crippen molar-refractivity contribution in [2.45, 2.75) is 75.1 Å². The molecule has 1 aromatic heterocycles. The molecule has 1 aliphatic rings. The monoisotopic (exact) mass is 459 g/mol. The van der Waals surface area contributed by atoms with Gasteiger partial charge < -0.3 is 10.4 Å². The molecule has 3 N–H and O–H groups in total. The molecule has 174 valence electrons. The number of hydrogen-bond donors (Lipinski definition) is 3. The fraction of sp³-hybridized carbons (Fsp3) is 0.500. The van der Waals surface area contributed by atoms with Crippen molar-refractivity contribution in [2.75, 3.05) is 11.9 Å². The van der Waals surface area contributed by atoms with Gasteiger partial charge in [0.05, 0.1) is 4.90 Å². The van der Waals surface area contributed by atoms with Crippen LogP contribution in [0.2, 0.25) is 0 Å². The molecule has 0 bridgehead atoms. The molecule has 0 saturated heterocycles. The lowest BCUT2D eigenvalue weighted by molar-refractivity contribution is -0.139. The van der Waals surface area contributed by atoms with Crippen LogP contribution in [0.4, 0.5) is 5.82 Å². The molecule has 3 rings (SSSR count). The summed E-state index contributed by atoms with van der Waals surface area (Å²) >= 11 is 0. The van der Waals surface area contributed by atoms with Gasteiger partial charge in [0, 0.05) is 12.2 Å². The molecule has 2 heterocycles. The summed E-state index contributed by atoms with van der Waals surface area (Å²) in [4.78, 5) is 16.3. The standard InChI is InChI=1S/C24H33N3O4S/c28-24(29)22(27-32(30,31)21-13-7-5-8-14-21)15-9-4-2-1-3-6-12-20-17-16-19-11-10-18-25-23(19)26-20/h5,7-8,13-14,16-17,22,27H,1-4,6,9-12,15,18H2,(H,25,26)(H,28,29). The van der Waals surface area contributed by atoms with Crippen LogP contribution in [0.3, 0.4) is 0 Å². The molecule has 1 atom stereocenters. The summed E-state index contributed by atoms with van der Waals surface area (Å²) in [6.45, 7) is 1.000. The van der Waals surface area contributed by atoms with E-state index in [2.05, 4.69) is 22.2 Å². The third-order valence-electron chi connectivity index (χ3n) is 5.78. The van der Waals surface area contributed by atoms with E-state index in [1.807, 2.05) is 0 Å². The summed E-state index contributed by atoms with van der Waals surface area (Å²) in [7, 11) is -3.83. The molecule has 1 aromatic carbocycles. The zero-order valence-electron chi connectivity index (χ0n) is 18.4. The topological polar surface area (TPSA) is 108 Å². The zero-order chi connectivity index (χ0) is 22.8. The predicted octanol–water partition coefficient (Wildman–Crippen LogP) is 4.14. The van der Waals surface area contributed by atoms with Crippen molar-refractivity contribution in [2.24, 2.45) is 0 Å². The fourth-order valence-corrected chi connectivity index (χ4v) is 5.20. The highest BCUT2D eigenvalue weighted by Crippen LogP contribution is 2.20. The number of sulfonamides is 1. The van der Waals surface area contributed by atoms with Gasteiger partial charge >= 0.3 is 5.97 Å². The van der Waals surface area contributed by atoms with Crippen molar-refractivity contribution in [1.29, 1.82) is 0 Å². The van der Waals surface area contributed by atoms with Crippen LogP contribution in [0.15, 0.2) is 47.4 Å². The number of nitrogens with zero attached hydrogens (tertiary/aromatic N) is 1. The summed E-state index contributed by atoms with van der Waals surface area (Å²) in [5.74, 6) is -0.0961.